The summed E-state index contributed by atoms with van der Waals surface area (Å²) in [7, 11) is -4.72. The smallest absolute Gasteiger partial charge is 0.472 e. The zero-order chi connectivity index (χ0) is 49.2. The van der Waals surface area contributed by atoms with Crippen molar-refractivity contribution in [3.8, 4) is 0 Å². The molecule has 3 unspecified atom stereocenters. The van der Waals surface area contributed by atoms with E-state index in [4.69, 9.17) is 29.4 Å². The highest BCUT2D eigenvalue weighted by atomic mass is 31.2. The summed E-state index contributed by atoms with van der Waals surface area (Å²) in [5.41, 5.74) is 5.36. The topological polar surface area (TPSA) is 172 Å². The highest BCUT2D eigenvalue weighted by molar-refractivity contribution is 7.47. The molecule has 0 radical (unpaired) electrons. The third-order valence-electron chi connectivity index (χ3n) is 12.5. The molecule has 0 aliphatic rings. The second-order valence-electron chi connectivity index (χ2n) is 19.1. The van der Waals surface area contributed by atoms with Gasteiger partial charge >= 0.3 is 25.7 Å². The lowest BCUT2D eigenvalue weighted by atomic mass is 10.0. The van der Waals surface area contributed by atoms with Crippen molar-refractivity contribution in [1.82, 2.24) is 0 Å². The number of ether oxygens (including phenoxy) is 2. The van der Waals surface area contributed by atoms with Crippen molar-refractivity contribution in [3.63, 3.8) is 0 Å². The van der Waals surface area contributed by atoms with E-state index in [1.807, 2.05) is 0 Å². The highest BCUT2D eigenvalue weighted by Crippen LogP contribution is 2.43. The molecule has 394 valence electrons. The molecular formula is C55H104NO10P. The van der Waals surface area contributed by atoms with Crippen LogP contribution in [0, 0.1) is 0 Å². The molecule has 0 amide bonds. The van der Waals surface area contributed by atoms with Crippen LogP contribution < -0.4 is 5.73 Å². The number of aliphatic carboxylic acids is 1. The second-order valence-corrected chi connectivity index (χ2v) is 20.5. The molecule has 0 spiro atoms. The van der Waals surface area contributed by atoms with Crippen LogP contribution in [0.5, 0.6) is 0 Å². The van der Waals surface area contributed by atoms with Gasteiger partial charge in [-0.3, -0.25) is 23.4 Å². The van der Waals surface area contributed by atoms with Crippen LogP contribution in [-0.2, 0) is 37.5 Å². The van der Waals surface area contributed by atoms with Gasteiger partial charge in [0.1, 0.15) is 12.6 Å². The molecule has 0 aromatic rings. The standard InChI is InChI=1S/C55H104NO10P/c1-3-5-7-9-11-13-15-17-19-21-23-25-26-27-29-31-33-35-37-39-41-43-45-47-54(58)66-51(49-64-67(61,62)65-50-52(56)55(59)60)48-63-53(57)46-44-42-40-38-36-34-32-30-28-24-22-20-18-16-14-12-10-8-6-4-2/h15,17,21,23,51-52H,3-14,16,18-20,22,24-50,56H2,1-2H3,(H,59,60)(H,61,62)/b17-15-,23-21-. The molecule has 0 saturated carbocycles. The Morgan fingerprint density at radius 2 is 0.791 bits per heavy atom. The van der Waals surface area contributed by atoms with Crippen LogP contribution >= 0.6 is 7.82 Å². The Morgan fingerprint density at radius 1 is 0.463 bits per heavy atom. The Kier molecular flexibility index (Phi) is 48.8. The first kappa shape index (κ1) is 65.0. The van der Waals surface area contributed by atoms with Crippen LogP contribution in [-0.4, -0.2) is 59.9 Å². The van der Waals surface area contributed by atoms with E-state index in [1.54, 1.807) is 0 Å². The van der Waals surface area contributed by atoms with E-state index in [-0.39, 0.29) is 19.4 Å². The molecule has 11 nitrogen and oxygen atoms in total. The fraction of sp³-hybridized carbons (Fsp3) is 0.873. The van der Waals surface area contributed by atoms with E-state index in [0.29, 0.717) is 12.8 Å². The SMILES string of the molecule is CCCCCCC/C=C\C/C=C\CCCCCCCCCCCCCC(=O)OC(COC(=O)CCCCCCCCCCCCCCCCCCCCCC)COP(=O)(O)OCC(N)C(=O)O. The van der Waals surface area contributed by atoms with Crippen LogP contribution in [0.4, 0.5) is 0 Å². The van der Waals surface area contributed by atoms with Gasteiger partial charge in [-0.15, -0.1) is 0 Å². The first-order valence-corrected chi connectivity index (χ1v) is 29.4. The minimum atomic E-state index is -4.72. The molecule has 0 heterocycles. The molecule has 0 aromatic carbocycles. The van der Waals surface area contributed by atoms with Gasteiger partial charge < -0.3 is 25.2 Å². The largest absolute Gasteiger partial charge is 0.480 e. The van der Waals surface area contributed by atoms with E-state index in [9.17, 15) is 23.8 Å². The van der Waals surface area contributed by atoms with Crippen LogP contribution in [0.15, 0.2) is 24.3 Å². The van der Waals surface area contributed by atoms with Crippen LogP contribution in [0.3, 0.4) is 0 Å². The molecule has 0 saturated heterocycles. The number of carbonyl (C=O) groups is 3. The number of carboxylic acid groups (broad SMARTS) is 1. The van der Waals surface area contributed by atoms with E-state index >= 15 is 0 Å². The number of nitrogens with two attached hydrogens (primary N) is 1. The summed E-state index contributed by atoms with van der Waals surface area (Å²) in [5, 5.41) is 8.94. The van der Waals surface area contributed by atoms with Crippen molar-refractivity contribution in [1.29, 1.82) is 0 Å². The van der Waals surface area contributed by atoms with Gasteiger partial charge in [0.2, 0.25) is 0 Å². The molecule has 12 heteroatoms. The molecule has 0 aliphatic heterocycles. The number of phosphoric acid groups is 1. The summed E-state index contributed by atoms with van der Waals surface area (Å²) in [4.78, 5) is 46.3. The third kappa shape index (κ3) is 50.2. The van der Waals surface area contributed by atoms with Crippen molar-refractivity contribution in [2.75, 3.05) is 19.8 Å². The third-order valence-corrected chi connectivity index (χ3v) is 13.4. The lowest BCUT2D eigenvalue weighted by Gasteiger charge is -2.20. The Hall–Kier alpha value is -2.04. The van der Waals surface area contributed by atoms with Gasteiger partial charge in [0, 0.05) is 12.8 Å². The Labute approximate surface area is 410 Å². The molecule has 0 fully saturated rings. The zero-order valence-corrected chi connectivity index (χ0v) is 44.2. The van der Waals surface area contributed by atoms with Crippen LogP contribution in [0.1, 0.15) is 277 Å². The predicted octanol–water partition coefficient (Wildman–Crippen LogP) is 16.1. The minimum absolute atomic E-state index is 0.162. The fourth-order valence-electron chi connectivity index (χ4n) is 8.10. The van der Waals surface area contributed by atoms with Gasteiger partial charge in [-0.05, 0) is 44.9 Å². The average Bonchev–Trinajstić information content (AvgIpc) is 3.31. The molecule has 0 aliphatic carbocycles. The summed E-state index contributed by atoms with van der Waals surface area (Å²) < 4.78 is 32.9. The van der Waals surface area contributed by atoms with Gasteiger partial charge in [-0.25, -0.2) is 4.57 Å². The number of esters is 2. The maximum Gasteiger partial charge on any atom is 0.472 e. The monoisotopic (exact) mass is 970 g/mol. The van der Waals surface area contributed by atoms with Crippen molar-refractivity contribution in [3.05, 3.63) is 24.3 Å². The number of rotatable bonds is 53. The van der Waals surface area contributed by atoms with E-state index in [0.717, 1.165) is 44.9 Å². The number of allylic oxidation sites excluding steroid dienone is 4. The highest BCUT2D eigenvalue weighted by Gasteiger charge is 2.28. The van der Waals surface area contributed by atoms with Crippen molar-refractivity contribution >= 4 is 25.7 Å². The lowest BCUT2D eigenvalue weighted by Crippen LogP contribution is -2.34. The van der Waals surface area contributed by atoms with E-state index < -0.39 is 51.1 Å². The van der Waals surface area contributed by atoms with Crippen molar-refractivity contribution < 1.29 is 47.5 Å². The molecule has 0 aromatic heterocycles. The molecular weight excluding hydrogens is 866 g/mol. The normalized spacial score (nSPS) is 13.6. The first-order valence-electron chi connectivity index (χ1n) is 27.9. The second kappa shape index (κ2) is 50.4. The van der Waals surface area contributed by atoms with Gasteiger partial charge in [-0.1, -0.05) is 244 Å². The van der Waals surface area contributed by atoms with Crippen LogP contribution in [0.25, 0.3) is 0 Å². The Balaban J connectivity index is 4.17. The summed E-state index contributed by atoms with van der Waals surface area (Å²) in [5.74, 6) is -2.36. The van der Waals surface area contributed by atoms with Gasteiger partial charge in [0.15, 0.2) is 6.10 Å². The van der Waals surface area contributed by atoms with Gasteiger partial charge in [0.25, 0.3) is 0 Å². The van der Waals surface area contributed by atoms with Crippen LogP contribution in [0.2, 0.25) is 0 Å². The fourth-order valence-corrected chi connectivity index (χ4v) is 8.88. The van der Waals surface area contributed by atoms with Gasteiger partial charge in [-0.2, -0.15) is 0 Å². The average molecular weight is 970 g/mol. The summed E-state index contributed by atoms with van der Waals surface area (Å²) >= 11 is 0. The number of carbonyl (C=O) groups excluding carboxylic acids is 2. The van der Waals surface area contributed by atoms with E-state index in [1.165, 1.54) is 193 Å². The molecule has 67 heavy (non-hydrogen) atoms. The van der Waals surface area contributed by atoms with Gasteiger partial charge in [0.05, 0.1) is 13.2 Å². The molecule has 0 bridgehead atoms. The Morgan fingerprint density at radius 3 is 1.16 bits per heavy atom. The number of phosphoric ester groups is 1. The summed E-state index contributed by atoms with van der Waals surface area (Å²) in [6.07, 6.45) is 56.7. The number of unbranched alkanes of at least 4 members (excludes halogenated alkanes) is 35. The number of hydrogen-bond donors (Lipinski definition) is 3. The summed E-state index contributed by atoms with van der Waals surface area (Å²) in [6, 6.07) is -1.52. The lowest BCUT2D eigenvalue weighted by molar-refractivity contribution is -0.161. The van der Waals surface area contributed by atoms with E-state index in [2.05, 4.69) is 38.2 Å². The predicted molar refractivity (Wildman–Crippen MR) is 277 cm³/mol. The Bertz CT molecular complexity index is 1230. The zero-order valence-electron chi connectivity index (χ0n) is 43.3. The van der Waals surface area contributed by atoms with Crippen molar-refractivity contribution in [2.45, 2.75) is 289 Å². The molecule has 0 rings (SSSR count). The maximum absolute atomic E-state index is 12.7. The maximum atomic E-state index is 12.7. The minimum Gasteiger partial charge on any atom is -0.480 e. The first-order chi connectivity index (χ1) is 32.6. The molecule has 3 atom stereocenters. The molecule has 4 N–H and O–H groups in total. The quantitative estimate of drug-likeness (QED) is 0.0229. The number of hydrogen-bond acceptors (Lipinski definition) is 9. The van der Waals surface area contributed by atoms with Crippen molar-refractivity contribution in [2.24, 2.45) is 5.73 Å². The summed E-state index contributed by atoms with van der Waals surface area (Å²) in [6.45, 7) is 2.86. The number of carboxylic acids is 1.